The molecule has 0 radical (unpaired) electrons. The predicted molar refractivity (Wildman–Crippen MR) is 110 cm³/mol. The van der Waals surface area contributed by atoms with E-state index in [4.69, 9.17) is 0 Å². The highest BCUT2D eigenvalue weighted by molar-refractivity contribution is 9.10. The lowest BCUT2D eigenvalue weighted by Gasteiger charge is -2.33. The average Bonchev–Trinajstić information content (AvgIpc) is 2.69. The van der Waals surface area contributed by atoms with Crippen molar-refractivity contribution in [2.45, 2.75) is 43.0 Å². The third kappa shape index (κ3) is 4.98. The first-order chi connectivity index (χ1) is 13.4. The van der Waals surface area contributed by atoms with Crippen LogP contribution in [0.15, 0.2) is 57.9 Å². The quantitative estimate of drug-likeness (QED) is 0.675. The highest BCUT2D eigenvalue weighted by Crippen LogP contribution is 2.28. The first-order valence-electron chi connectivity index (χ1n) is 9.20. The van der Waals surface area contributed by atoms with E-state index < -0.39 is 21.7 Å². The second-order valence-corrected chi connectivity index (χ2v) is 9.63. The highest BCUT2D eigenvalue weighted by atomic mass is 79.9. The molecule has 1 fully saturated rings. The van der Waals surface area contributed by atoms with Gasteiger partial charge >= 0.3 is 0 Å². The number of hydrogen-bond acceptors (Lipinski definition) is 3. The van der Waals surface area contributed by atoms with Gasteiger partial charge in [0, 0.05) is 10.5 Å². The van der Waals surface area contributed by atoms with Gasteiger partial charge in [-0.15, -0.1) is 0 Å². The molecule has 1 aliphatic rings. The van der Waals surface area contributed by atoms with Gasteiger partial charge in [0.25, 0.3) is 0 Å². The Kier molecular flexibility index (Phi) is 6.85. The van der Waals surface area contributed by atoms with Crippen LogP contribution in [0.3, 0.4) is 0 Å². The molecule has 1 amide bonds. The van der Waals surface area contributed by atoms with Crippen LogP contribution in [-0.4, -0.2) is 31.2 Å². The molecule has 28 heavy (non-hydrogen) atoms. The fourth-order valence-corrected chi connectivity index (χ4v) is 5.42. The topological polar surface area (TPSA) is 66.5 Å². The van der Waals surface area contributed by atoms with Gasteiger partial charge in [-0.05, 0) is 43.2 Å². The van der Waals surface area contributed by atoms with E-state index in [1.54, 1.807) is 24.3 Å². The molecule has 0 aliphatic heterocycles. The minimum Gasteiger partial charge on any atom is -0.322 e. The largest absolute Gasteiger partial charge is 0.322 e. The number of benzene rings is 2. The molecule has 150 valence electrons. The molecule has 8 heteroatoms. The molecule has 0 atom stereocenters. The first kappa shape index (κ1) is 21.0. The molecule has 5 nitrogen and oxygen atoms in total. The normalized spacial score (nSPS) is 15.5. The number of carbonyl (C=O) groups excluding carboxylic acids is 1. The van der Waals surface area contributed by atoms with Crippen LogP contribution >= 0.6 is 15.9 Å². The van der Waals surface area contributed by atoms with Crippen molar-refractivity contribution < 1.29 is 17.6 Å². The summed E-state index contributed by atoms with van der Waals surface area (Å²) in [5.74, 6) is -1.15. The van der Waals surface area contributed by atoms with E-state index in [1.807, 2.05) is 0 Å². The minimum absolute atomic E-state index is 0.0221. The predicted octanol–water partition coefficient (Wildman–Crippen LogP) is 4.55. The number of amides is 1. The SMILES string of the molecule is O=C(CN(C1CCCCC1)S(=O)(=O)c1ccccc1)Nc1ccc(Br)cc1F. The third-order valence-corrected chi connectivity index (χ3v) is 7.24. The smallest absolute Gasteiger partial charge is 0.243 e. The molecule has 0 bridgehead atoms. The summed E-state index contributed by atoms with van der Waals surface area (Å²) < 4.78 is 42.2. The van der Waals surface area contributed by atoms with Gasteiger partial charge in [0.2, 0.25) is 15.9 Å². The van der Waals surface area contributed by atoms with E-state index in [-0.39, 0.29) is 23.2 Å². The number of sulfonamides is 1. The van der Waals surface area contributed by atoms with Crippen molar-refractivity contribution in [3.63, 3.8) is 0 Å². The van der Waals surface area contributed by atoms with E-state index >= 15 is 0 Å². The summed E-state index contributed by atoms with van der Waals surface area (Å²) in [6.07, 6.45) is 4.34. The first-order valence-corrected chi connectivity index (χ1v) is 11.4. The van der Waals surface area contributed by atoms with Crippen LogP contribution in [0.25, 0.3) is 0 Å². The fourth-order valence-electron chi connectivity index (χ4n) is 3.43. The molecule has 0 spiro atoms. The summed E-state index contributed by atoms with van der Waals surface area (Å²) in [4.78, 5) is 12.7. The Hall–Kier alpha value is -1.77. The number of hydrogen-bond donors (Lipinski definition) is 1. The van der Waals surface area contributed by atoms with E-state index in [9.17, 15) is 17.6 Å². The Balaban J connectivity index is 1.83. The minimum atomic E-state index is -3.83. The fraction of sp³-hybridized carbons (Fsp3) is 0.350. The van der Waals surface area contributed by atoms with Gasteiger partial charge in [0.15, 0.2) is 0 Å². The molecule has 1 aliphatic carbocycles. The summed E-state index contributed by atoms with van der Waals surface area (Å²) in [5, 5.41) is 2.49. The lowest BCUT2D eigenvalue weighted by atomic mass is 9.95. The number of nitrogens with one attached hydrogen (secondary N) is 1. The molecular formula is C20H22BrFN2O3S. The van der Waals surface area contributed by atoms with Crippen LogP contribution in [0.1, 0.15) is 32.1 Å². The van der Waals surface area contributed by atoms with Gasteiger partial charge < -0.3 is 5.32 Å². The number of carbonyl (C=O) groups is 1. The zero-order chi connectivity index (χ0) is 20.1. The van der Waals surface area contributed by atoms with E-state index in [0.29, 0.717) is 17.3 Å². The Morgan fingerprint density at radius 2 is 1.79 bits per heavy atom. The second kappa shape index (κ2) is 9.15. The van der Waals surface area contributed by atoms with Crippen LogP contribution in [0.2, 0.25) is 0 Å². The summed E-state index contributed by atoms with van der Waals surface area (Å²) in [5.41, 5.74) is 0.0221. The zero-order valence-corrected chi connectivity index (χ0v) is 17.7. The van der Waals surface area contributed by atoms with Crippen molar-refractivity contribution in [2.24, 2.45) is 0 Å². The maximum absolute atomic E-state index is 14.0. The molecule has 2 aromatic rings. The van der Waals surface area contributed by atoms with E-state index in [2.05, 4.69) is 21.2 Å². The van der Waals surface area contributed by atoms with Crippen molar-refractivity contribution in [2.75, 3.05) is 11.9 Å². The molecule has 1 saturated carbocycles. The lowest BCUT2D eigenvalue weighted by molar-refractivity contribution is -0.116. The van der Waals surface area contributed by atoms with E-state index in [0.717, 1.165) is 19.3 Å². The molecule has 3 rings (SSSR count). The van der Waals surface area contributed by atoms with Gasteiger partial charge in [-0.1, -0.05) is 53.4 Å². The van der Waals surface area contributed by atoms with Crippen molar-refractivity contribution >= 4 is 37.5 Å². The molecule has 0 unspecified atom stereocenters. The molecule has 0 heterocycles. The van der Waals surface area contributed by atoms with Gasteiger partial charge in [0.1, 0.15) is 5.82 Å². The van der Waals surface area contributed by atoms with Gasteiger partial charge in [-0.3, -0.25) is 4.79 Å². The summed E-state index contributed by atoms with van der Waals surface area (Å²) in [6.45, 7) is -0.350. The molecule has 2 aromatic carbocycles. The van der Waals surface area contributed by atoms with Crippen molar-refractivity contribution in [3.8, 4) is 0 Å². The van der Waals surface area contributed by atoms with Gasteiger partial charge in [-0.2, -0.15) is 4.31 Å². The standard InChI is InChI=1S/C20H22BrFN2O3S/c21-15-11-12-19(18(22)13-15)23-20(25)14-24(16-7-3-1-4-8-16)28(26,27)17-9-5-2-6-10-17/h2,5-6,9-13,16H,1,3-4,7-8,14H2,(H,23,25). The zero-order valence-electron chi connectivity index (χ0n) is 15.3. The molecule has 0 saturated heterocycles. The van der Waals surface area contributed by atoms with Gasteiger partial charge in [0.05, 0.1) is 17.1 Å². The summed E-state index contributed by atoms with van der Waals surface area (Å²) >= 11 is 3.17. The molecular weight excluding hydrogens is 447 g/mol. The van der Waals surface area contributed by atoms with Crippen LogP contribution in [0.5, 0.6) is 0 Å². The van der Waals surface area contributed by atoms with Crippen molar-refractivity contribution in [1.29, 1.82) is 0 Å². The number of halogens is 2. The molecule has 1 N–H and O–H groups in total. The number of rotatable bonds is 6. The number of anilines is 1. The van der Waals surface area contributed by atoms with E-state index in [1.165, 1.54) is 28.6 Å². The van der Waals surface area contributed by atoms with Crippen molar-refractivity contribution in [3.05, 3.63) is 58.8 Å². The Morgan fingerprint density at radius 1 is 1.11 bits per heavy atom. The Bertz CT molecular complexity index is 932. The second-order valence-electron chi connectivity index (χ2n) is 6.83. The lowest BCUT2D eigenvalue weighted by Crippen LogP contribution is -2.45. The Morgan fingerprint density at radius 3 is 2.43 bits per heavy atom. The maximum Gasteiger partial charge on any atom is 0.243 e. The molecule has 0 aromatic heterocycles. The Labute approximate surface area is 173 Å². The third-order valence-electron chi connectivity index (χ3n) is 4.84. The highest BCUT2D eigenvalue weighted by Gasteiger charge is 2.34. The average molecular weight is 469 g/mol. The van der Waals surface area contributed by atoms with Crippen LogP contribution < -0.4 is 5.32 Å². The monoisotopic (exact) mass is 468 g/mol. The maximum atomic E-state index is 14.0. The van der Waals surface area contributed by atoms with Crippen LogP contribution in [0, 0.1) is 5.82 Å². The number of nitrogens with zero attached hydrogens (tertiary/aromatic N) is 1. The van der Waals surface area contributed by atoms with Crippen LogP contribution in [-0.2, 0) is 14.8 Å². The van der Waals surface area contributed by atoms with Gasteiger partial charge in [-0.25, -0.2) is 12.8 Å². The summed E-state index contributed by atoms with van der Waals surface area (Å²) in [6, 6.07) is 12.2. The van der Waals surface area contributed by atoms with Crippen LogP contribution in [0.4, 0.5) is 10.1 Å². The summed E-state index contributed by atoms with van der Waals surface area (Å²) in [7, 11) is -3.83. The van der Waals surface area contributed by atoms with Crippen molar-refractivity contribution in [1.82, 2.24) is 4.31 Å².